The van der Waals surface area contributed by atoms with E-state index in [0.29, 0.717) is 17.8 Å². The van der Waals surface area contributed by atoms with E-state index in [1.54, 1.807) is 25.1 Å². The Bertz CT molecular complexity index is 639. The number of ether oxygens (including phenoxy) is 1. The number of amides is 1. The van der Waals surface area contributed by atoms with Crippen LogP contribution < -0.4 is 10.6 Å². The molecule has 8 nitrogen and oxygen atoms in total. The summed E-state index contributed by atoms with van der Waals surface area (Å²) in [5.41, 5.74) is 0.772. The smallest absolute Gasteiger partial charge is 0.397 e. The molecule has 0 bridgehead atoms. The molecule has 1 amide bonds. The van der Waals surface area contributed by atoms with E-state index in [1.165, 1.54) is 6.07 Å². The van der Waals surface area contributed by atoms with Gasteiger partial charge >= 0.3 is 11.9 Å². The molecule has 0 saturated heterocycles. The third-order valence-electron chi connectivity index (χ3n) is 2.81. The summed E-state index contributed by atoms with van der Waals surface area (Å²) in [6.07, 6.45) is 3.41. The fourth-order valence-corrected chi connectivity index (χ4v) is 1.93. The molecule has 0 aromatic heterocycles. The van der Waals surface area contributed by atoms with E-state index in [0.717, 1.165) is 0 Å². The predicted octanol–water partition coefficient (Wildman–Crippen LogP) is 1.54. The van der Waals surface area contributed by atoms with E-state index in [2.05, 4.69) is 15.4 Å². The van der Waals surface area contributed by atoms with Crippen LogP contribution in [0.1, 0.15) is 12.5 Å². The number of anilines is 2. The number of esters is 1. The maximum absolute atomic E-state index is 11.7. The second kappa shape index (κ2) is 6.04. The zero-order chi connectivity index (χ0) is 15.4. The molecule has 1 aliphatic heterocycles. The molecule has 0 aliphatic carbocycles. The van der Waals surface area contributed by atoms with Crippen molar-refractivity contribution in [3.05, 3.63) is 33.9 Å². The maximum atomic E-state index is 11.7. The van der Waals surface area contributed by atoms with Crippen molar-refractivity contribution >= 4 is 35.0 Å². The molecular weight excluding hydrogens is 278 g/mol. The van der Waals surface area contributed by atoms with Gasteiger partial charge in [-0.05, 0) is 13.0 Å². The average Bonchev–Trinajstić information content (AvgIpc) is 2.47. The highest BCUT2D eigenvalue weighted by Crippen LogP contribution is 2.36. The van der Waals surface area contributed by atoms with Gasteiger partial charge in [0, 0.05) is 23.9 Å². The van der Waals surface area contributed by atoms with Crippen LogP contribution in [0.4, 0.5) is 17.1 Å². The molecule has 0 spiro atoms. The van der Waals surface area contributed by atoms with Crippen LogP contribution in [0.25, 0.3) is 6.08 Å². The first kappa shape index (κ1) is 14.5. The van der Waals surface area contributed by atoms with Crippen LogP contribution in [0.15, 0.2) is 18.2 Å². The summed E-state index contributed by atoms with van der Waals surface area (Å²) in [5, 5.41) is 16.4. The summed E-state index contributed by atoms with van der Waals surface area (Å²) >= 11 is 0. The van der Waals surface area contributed by atoms with Crippen LogP contribution in [0.2, 0.25) is 0 Å². The molecule has 2 rings (SSSR count). The number of benzene rings is 1. The number of hydrogen-bond acceptors (Lipinski definition) is 6. The van der Waals surface area contributed by atoms with Crippen LogP contribution in [-0.4, -0.2) is 30.0 Å². The third kappa shape index (κ3) is 2.99. The highest BCUT2D eigenvalue weighted by atomic mass is 16.6. The molecule has 1 aliphatic rings. The maximum Gasteiger partial charge on any atom is 0.397 e. The molecule has 0 atom stereocenters. The highest BCUT2D eigenvalue weighted by Gasteiger charge is 2.25. The number of nitro groups is 1. The second-order valence-corrected chi connectivity index (χ2v) is 4.14. The van der Waals surface area contributed by atoms with Crippen molar-refractivity contribution in [2.75, 3.05) is 23.8 Å². The van der Waals surface area contributed by atoms with Crippen molar-refractivity contribution in [2.45, 2.75) is 6.92 Å². The lowest BCUT2D eigenvalue weighted by Crippen LogP contribution is -2.26. The zero-order valence-corrected chi connectivity index (χ0v) is 11.2. The van der Waals surface area contributed by atoms with Crippen LogP contribution in [0.3, 0.4) is 0 Å². The molecule has 1 aromatic carbocycles. The quantitative estimate of drug-likeness (QED) is 0.378. The van der Waals surface area contributed by atoms with Crippen LogP contribution in [-0.2, 0) is 14.3 Å². The fourth-order valence-electron chi connectivity index (χ4n) is 1.93. The summed E-state index contributed by atoms with van der Waals surface area (Å²) in [7, 11) is 0. The van der Waals surface area contributed by atoms with Gasteiger partial charge in [-0.1, -0.05) is 12.2 Å². The number of carbonyl (C=O) groups is 2. The van der Waals surface area contributed by atoms with Gasteiger partial charge in [0.05, 0.1) is 11.5 Å². The number of hydrogen-bond donors (Lipinski definition) is 2. The lowest BCUT2D eigenvalue weighted by molar-refractivity contribution is -0.383. The minimum absolute atomic E-state index is 0.0287. The molecule has 1 aromatic rings. The van der Waals surface area contributed by atoms with Crippen molar-refractivity contribution in [3.8, 4) is 0 Å². The molecule has 8 heteroatoms. The molecule has 110 valence electrons. The normalized spacial score (nSPS) is 12.0. The first-order valence-corrected chi connectivity index (χ1v) is 6.24. The topological polar surface area (TPSA) is 111 Å². The largest absolute Gasteiger partial charge is 0.459 e. The Morgan fingerprint density at radius 2 is 2.24 bits per heavy atom. The van der Waals surface area contributed by atoms with Crippen LogP contribution in [0.5, 0.6) is 0 Å². The van der Waals surface area contributed by atoms with Gasteiger partial charge in [0.2, 0.25) is 0 Å². The van der Waals surface area contributed by atoms with E-state index < -0.39 is 16.8 Å². The molecule has 0 unspecified atom stereocenters. The minimum Gasteiger partial charge on any atom is -0.459 e. The molecule has 1 heterocycles. The summed E-state index contributed by atoms with van der Waals surface area (Å²) < 4.78 is 4.57. The lowest BCUT2D eigenvalue weighted by Gasteiger charge is -2.16. The second-order valence-electron chi connectivity index (χ2n) is 4.14. The lowest BCUT2D eigenvalue weighted by atomic mass is 10.1. The minimum atomic E-state index is -1.09. The van der Waals surface area contributed by atoms with Crippen LogP contribution >= 0.6 is 0 Å². The highest BCUT2D eigenvalue weighted by molar-refractivity contribution is 6.37. The Kier molecular flexibility index (Phi) is 4.17. The molecule has 0 radical (unpaired) electrons. The van der Waals surface area contributed by atoms with Gasteiger partial charge in [-0.2, -0.15) is 0 Å². The van der Waals surface area contributed by atoms with Crippen molar-refractivity contribution in [1.82, 2.24) is 0 Å². The molecule has 0 saturated carbocycles. The van der Waals surface area contributed by atoms with Crippen molar-refractivity contribution in [1.29, 1.82) is 0 Å². The van der Waals surface area contributed by atoms with Gasteiger partial charge < -0.3 is 15.4 Å². The number of rotatable bonds is 3. The predicted molar refractivity (Wildman–Crippen MR) is 75.9 cm³/mol. The van der Waals surface area contributed by atoms with E-state index in [9.17, 15) is 19.7 Å². The Labute approximate surface area is 119 Å². The van der Waals surface area contributed by atoms with Gasteiger partial charge in [0.15, 0.2) is 0 Å². The Hall–Kier alpha value is -2.90. The summed E-state index contributed by atoms with van der Waals surface area (Å²) in [6, 6.07) is 2.82. The first-order chi connectivity index (χ1) is 10.0. The average molecular weight is 291 g/mol. The molecule has 21 heavy (non-hydrogen) atoms. The Morgan fingerprint density at radius 1 is 1.48 bits per heavy atom. The van der Waals surface area contributed by atoms with Crippen LogP contribution in [0, 0.1) is 10.1 Å². The summed E-state index contributed by atoms with van der Waals surface area (Å²) in [4.78, 5) is 33.5. The van der Waals surface area contributed by atoms with E-state index in [1.807, 2.05) is 0 Å². The zero-order valence-electron chi connectivity index (χ0n) is 11.2. The van der Waals surface area contributed by atoms with Crippen molar-refractivity contribution < 1.29 is 19.2 Å². The molecular formula is C13H13N3O5. The Balaban J connectivity index is 2.41. The standard InChI is InChI=1S/C13H13N3O5/c1-2-21-13(18)12(17)15-11-8-4-3-7-14-9(8)5-6-10(11)16(19)20/h3-6,14H,2,7H2,1H3,(H,15,17). The van der Waals surface area contributed by atoms with Gasteiger partial charge in [-0.15, -0.1) is 0 Å². The number of nitro benzene ring substituents is 1. The van der Waals surface area contributed by atoms with Crippen molar-refractivity contribution in [2.24, 2.45) is 0 Å². The van der Waals surface area contributed by atoms with Gasteiger partial charge in [-0.25, -0.2) is 4.79 Å². The first-order valence-electron chi connectivity index (χ1n) is 6.24. The van der Waals surface area contributed by atoms with Gasteiger partial charge in [-0.3, -0.25) is 14.9 Å². The van der Waals surface area contributed by atoms with Gasteiger partial charge in [0.25, 0.3) is 5.69 Å². The number of nitrogens with zero attached hydrogens (tertiary/aromatic N) is 1. The fraction of sp³-hybridized carbons (Fsp3) is 0.231. The SMILES string of the molecule is CCOC(=O)C(=O)Nc1c([N+](=O)[O-])ccc2c1C=CCN2. The van der Waals surface area contributed by atoms with Gasteiger partial charge in [0.1, 0.15) is 5.69 Å². The third-order valence-corrected chi connectivity index (χ3v) is 2.81. The number of fused-ring (bicyclic) bond motifs is 1. The Morgan fingerprint density at radius 3 is 2.90 bits per heavy atom. The summed E-state index contributed by atoms with van der Waals surface area (Å²) in [6.45, 7) is 2.18. The number of carbonyl (C=O) groups excluding carboxylic acids is 2. The number of nitrogens with one attached hydrogen (secondary N) is 2. The monoisotopic (exact) mass is 291 g/mol. The summed E-state index contributed by atoms with van der Waals surface area (Å²) in [5.74, 6) is -2.13. The van der Waals surface area contributed by atoms with E-state index in [-0.39, 0.29) is 18.0 Å². The molecule has 0 fully saturated rings. The molecule has 2 N–H and O–H groups in total. The van der Waals surface area contributed by atoms with E-state index >= 15 is 0 Å². The van der Waals surface area contributed by atoms with E-state index in [4.69, 9.17) is 0 Å². The van der Waals surface area contributed by atoms with Crippen molar-refractivity contribution in [3.63, 3.8) is 0 Å².